The number of rotatable bonds is 9. The first-order chi connectivity index (χ1) is 18.0. The average molecular weight is 515 g/mol. The molecule has 1 unspecified atom stereocenters. The number of thioether (sulfide) groups is 1. The largest absolute Gasteiger partial charge is 0.360 e. The standard InChI is InChI=1S/C27H30N8OS/c1-4-37-20-10-9-19(28-12-20)11-29-25-27(36)35(16(3)17-5-6-17)26-24(34-25)30-13-21(33-26)22-15(2)31-14-32-23(22)18-7-8-18/h9-10,12-14,16-18H,4-8,11H2,1-3H3,(H,29,30,34). The SMILES string of the molecule is CCSc1ccc(CNc2nc3ncc(-c4c(C)ncnc4C4CC4)nc3n(C(C)C3CC3)c2=O)nc1. The number of nitrogens with one attached hydrogen (secondary N) is 1. The van der Waals surface area contributed by atoms with Crippen LogP contribution in [0.25, 0.3) is 22.6 Å². The van der Waals surface area contributed by atoms with Gasteiger partial charge in [-0.3, -0.25) is 14.3 Å². The topological polar surface area (TPSA) is 111 Å². The van der Waals surface area contributed by atoms with E-state index in [9.17, 15) is 4.79 Å². The number of anilines is 1. The third-order valence-corrected chi connectivity index (χ3v) is 8.01. The molecule has 2 fully saturated rings. The zero-order valence-corrected chi connectivity index (χ0v) is 22.1. The first kappa shape index (κ1) is 24.0. The van der Waals surface area contributed by atoms with Crippen LogP contribution in [-0.2, 0) is 6.54 Å². The lowest BCUT2D eigenvalue weighted by molar-refractivity contribution is 0.482. The molecule has 4 aromatic heterocycles. The molecule has 2 aliphatic carbocycles. The van der Waals surface area contributed by atoms with Gasteiger partial charge in [0.1, 0.15) is 6.33 Å². The number of fused-ring (bicyclic) bond motifs is 1. The summed E-state index contributed by atoms with van der Waals surface area (Å²) < 4.78 is 1.78. The van der Waals surface area contributed by atoms with Crippen LogP contribution in [0.3, 0.4) is 0 Å². The summed E-state index contributed by atoms with van der Waals surface area (Å²) in [6.45, 7) is 6.58. The van der Waals surface area contributed by atoms with Crippen molar-refractivity contribution in [3.63, 3.8) is 0 Å². The normalized spacial score (nSPS) is 16.2. The fraction of sp³-hybridized carbons (Fsp3) is 0.444. The van der Waals surface area contributed by atoms with Crippen LogP contribution < -0.4 is 10.9 Å². The van der Waals surface area contributed by atoms with Crippen molar-refractivity contribution in [2.75, 3.05) is 11.1 Å². The highest BCUT2D eigenvalue weighted by Gasteiger charge is 2.33. The van der Waals surface area contributed by atoms with E-state index in [1.165, 1.54) is 0 Å². The van der Waals surface area contributed by atoms with Crippen molar-refractivity contribution in [2.24, 2.45) is 5.92 Å². The molecular formula is C27H30N8OS. The lowest BCUT2D eigenvalue weighted by Crippen LogP contribution is -2.29. The molecule has 0 saturated heterocycles. The fourth-order valence-electron chi connectivity index (χ4n) is 4.80. The molecule has 0 aromatic carbocycles. The third kappa shape index (κ3) is 4.82. The molecule has 6 rings (SSSR count). The number of aromatic nitrogens is 7. The van der Waals surface area contributed by atoms with E-state index >= 15 is 0 Å². The number of hydrogen-bond acceptors (Lipinski definition) is 9. The van der Waals surface area contributed by atoms with Crippen molar-refractivity contribution >= 4 is 28.9 Å². The van der Waals surface area contributed by atoms with E-state index in [1.807, 2.05) is 19.2 Å². The second-order valence-corrected chi connectivity index (χ2v) is 11.2. The molecule has 0 aliphatic heterocycles. The van der Waals surface area contributed by atoms with Crippen LogP contribution in [0.15, 0.2) is 40.5 Å². The Kier molecular flexibility index (Phi) is 6.36. The van der Waals surface area contributed by atoms with Crippen LogP contribution in [-0.4, -0.2) is 40.2 Å². The molecule has 0 radical (unpaired) electrons. The Morgan fingerprint density at radius 2 is 1.92 bits per heavy atom. The van der Waals surface area contributed by atoms with Gasteiger partial charge in [-0.25, -0.2) is 24.9 Å². The number of pyridine rings is 1. The number of hydrogen-bond donors (Lipinski definition) is 1. The van der Waals surface area contributed by atoms with Gasteiger partial charge < -0.3 is 5.32 Å². The summed E-state index contributed by atoms with van der Waals surface area (Å²) in [4.78, 5) is 42.6. The molecule has 4 aromatic rings. The molecule has 1 N–H and O–H groups in total. The maximum absolute atomic E-state index is 13.7. The predicted octanol–water partition coefficient (Wildman–Crippen LogP) is 4.92. The molecule has 0 amide bonds. The van der Waals surface area contributed by atoms with Crippen LogP contribution >= 0.6 is 11.8 Å². The molecule has 2 aliphatic rings. The highest BCUT2D eigenvalue weighted by molar-refractivity contribution is 7.99. The summed E-state index contributed by atoms with van der Waals surface area (Å²) in [6.07, 6.45) is 9.69. The quantitative estimate of drug-likeness (QED) is 0.311. The van der Waals surface area contributed by atoms with Crippen molar-refractivity contribution < 1.29 is 0 Å². The summed E-state index contributed by atoms with van der Waals surface area (Å²) in [6, 6.07) is 4.03. The highest BCUT2D eigenvalue weighted by atomic mass is 32.2. The smallest absolute Gasteiger partial charge is 0.295 e. The molecule has 9 nitrogen and oxygen atoms in total. The Morgan fingerprint density at radius 1 is 1.08 bits per heavy atom. The molecule has 10 heteroatoms. The van der Waals surface area contributed by atoms with Gasteiger partial charge in [0.05, 0.1) is 35.5 Å². The van der Waals surface area contributed by atoms with Crippen LogP contribution in [0, 0.1) is 12.8 Å². The lowest BCUT2D eigenvalue weighted by Gasteiger charge is -2.19. The van der Waals surface area contributed by atoms with Crippen molar-refractivity contribution in [3.05, 3.63) is 58.3 Å². The van der Waals surface area contributed by atoms with E-state index in [-0.39, 0.29) is 17.4 Å². The van der Waals surface area contributed by atoms with Crippen LogP contribution in [0.4, 0.5) is 5.82 Å². The fourth-order valence-corrected chi connectivity index (χ4v) is 5.42. The van der Waals surface area contributed by atoms with Crippen LogP contribution in [0.5, 0.6) is 0 Å². The van der Waals surface area contributed by atoms with Gasteiger partial charge >= 0.3 is 0 Å². The first-order valence-electron chi connectivity index (χ1n) is 13.0. The van der Waals surface area contributed by atoms with Gasteiger partial charge in [0.15, 0.2) is 17.1 Å². The van der Waals surface area contributed by atoms with Crippen LogP contribution in [0.2, 0.25) is 0 Å². The Balaban J connectivity index is 1.40. The maximum Gasteiger partial charge on any atom is 0.295 e. The molecule has 0 spiro atoms. The molecule has 0 bridgehead atoms. The summed E-state index contributed by atoms with van der Waals surface area (Å²) in [5, 5.41) is 3.21. The van der Waals surface area contributed by atoms with E-state index < -0.39 is 0 Å². The lowest BCUT2D eigenvalue weighted by atomic mass is 10.1. The molecule has 37 heavy (non-hydrogen) atoms. The third-order valence-electron chi connectivity index (χ3n) is 7.15. The Labute approximate surface area is 219 Å². The zero-order chi connectivity index (χ0) is 25.5. The molecule has 4 heterocycles. The number of nitrogens with zero attached hydrogens (tertiary/aromatic N) is 7. The van der Waals surface area contributed by atoms with Gasteiger partial charge in [-0.1, -0.05) is 6.92 Å². The van der Waals surface area contributed by atoms with Gasteiger partial charge in [-0.15, -0.1) is 11.8 Å². The second kappa shape index (κ2) is 9.81. The van der Waals surface area contributed by atoms with Crippen LogP contribution in [0.1, 0.15) is 68.6 Å². The maximum atomic E-state index is 13.7. The summed E-state index contributed by atoms with van der Waals surface area (Å²) in [5.74, 6) is 2.17. The van der Waals surface area contributed by atoms with Crippen molar-refractivity contribution in [1.82, 2.24) is 34.5 Å². The Morgan fingerprint density at radius 3 is 2.62 bits per heavy atom. The van der Waals surface area contributed by atoms with E-state index in [0.717, 1.165) is 59.0 Å². The van der Waals surface area contributed by atoms with Gasteiger partial charge in [-0.05, 0) is 63.3 Å². The van der Waals surface area contributed by atoms with Gasteiger partial charge in [0.25, 0.3) is 5.56 Å². The summed E-state index contributed by atoms with van der Waals surface area (Å²) in [7, 11) is 0. The predicted molar refractivity (Wildman–Crippen MR) is 145 cm³/mol. The van der Waals surface area contributed by atoms with Crippen molar-refractivity contribution in [1.29, 1.82) is 0 Å². The summed E-state index contributed by atoms with van der Waals surface area (Å²) in [5.41, 5.74) is 5.14. The Bertz CT molecular complexity index is 1510. The van der Waals surface area contributed by atoms with Gasteiger partial charge in [-0.2, -0.15) is 0 Å². The average Bonchev–Trinajstić information content (AvgIpc) is 3.82. The molecule has 1 atom stereocenters. The number of aryl methyl sites for hydroxylation is 1. The molecule has 190 valence electrons. The van der Waals surface area contributed by atoms with E-state index in [4.69, 9.17) is 4.98 Å². The van der Waals surface area contributed by atoms with E-state index in [2.05, 4.69) is 50.2 Å². The Hall–Kier alpha value is -3.40. The van der Waals surface area contributed by atoms with Crippen molar-refractivity contribution in [3.8, 4) is 11.3 Å². The minimum Gasteiger partial charge on any atom is -0.360 e. The minimum absolute atomic E-state index is 0.00241. The first-order valence-corrected chi connectivity index (χ1v) is 13.9. The van der Waals surface area contributed by atoms with Gasteiger partial charge in [0, 0.05) is 28.6 Å². The minimum atomic E-state index is -0.181. The zero-order valence-electron chi connectivity index (χ0n) is 21.3. The molecule has 2 saturated carbocycles. The van der Waals surface area contributed by atoms with Crippen molar-refractivity contribution in [2.45, 2.75) is 69.9 Å². The highest BCUT2D eigenvalue weighted by Crippen LogP contribution is 2.44. The van der Waals surface area contributed by atoms with E-state index in [1.54, 1.807) is 28.9 Å². The summed E-state index contributed by atoms with van der Waals surface area (Å²) >= 11 is 1.75. The molecular weight excluding hydrogens is 484 g/mol. The second-order valence-electron chi connectivity index (χ2n) is 9.88. The van der Waals surface area contributed by atoms with E-state index in [0.29, 0.717) is 35.4 Å². The van der Waals surface area contributed by atoms with Gasteiger partial charge in [0.2, 0.25) is 0 Å². The monoisotopic (exact) mass is 514 g/mol.